The summed E-state index contributed by atoms with van der Waals surface area (Å²) in [5.41, 5.74) is 0. The highest BCUT2D eigenvalue weighted by molar-refractivity contribution is 4.92. The van der Waals surface area contributed by atoms with Gasteiger partial charge in [0.05, 0.1) is 0 Å². The summed E-state index contributed by atoms with van der Waals surface area (Å²) in [7, 11) is 0. The SMILES string of the molecule is CC.Cc1nnc(C2CCCCC2)o1. The van der Waals surface area contributed by atoms with Crippen molar-refractivity contribution < 1.29 is 4.42 Å². The van der Waals surface area contributed by atoms with Crippen LogP contribution in [0.25, 0.3) is 0 Å². The van der Waals surface area contributed by atoms with Crippen molar-refractivity contribution in [3.63, 3.8) is 0 Å². The third-order valence-electron chi connectivity index (χ3n) is 2.50. The average Bonchev–Trinajstić information content (AvgIpc) is 2.69. The van der Waals surface area contributed by atoms with Gasteiger partial charge >= 0.3 is 0 Å². The third kappa shape index (κ3) is 2.82. The fourth-order valence-electron chi connectivity index (χ4n) is 1.83. The Kier molecular flexibility index (Phi) is 4.63. The fourth-order valence-corrected chi connectivity index (χ4v) is 1.83. The standard InChI is InChI=1S/C9H14N2O.C2H6/c1-7-10-11-9(12-7)8-5-3-2-4-6-8;1-2/h8H,2-6H2,1H3;1-2H3. The lowest BCUT2D eigenvalue weighted by molar-refractivity contribution is 0.356. The Labute approximate surface area is 85.9 Å². The largest absolute Gasteiger partial charge is 0.425 e. The zero-order chi connectivity index (χ0) is 10.4. The molecule has 0 N–H and O–H groups in total. The van der Waals surface area contributed by atoms with Crippen molar-refractivity contribution in [2.75, 3.05) is 0 Å². The zero-order valence-electron chi connectivity index (χ0n) is 9.42. The van der Waals surface area contributed by atoms with E-state index in [-0.39, 0.29) is 0 Å². The third-order valence-corrected chi connectivity index (χ3v) is 2.50. The van der Waals surface area contributed by atoms with Gasteiger partial charge in [0.2, 0.25) is 11.8 Å². The second-order valence-electron chi connectivity index (χ2n) is 3.49. The van der Waals surface area contributed by atoms with Gasteiger partial charge < -0.3 is 4.42 Å². The van der Waals surface area contributed by atoms with Gasteiger partial charge in [-0.05, 0) is 12.8 Å². The van der Waals surface area contributed by atoms with Crippen LogP contribution in [0.4, 0.5) is 0 Å². The van der Waals surface area contributed by atoms with E-state index in [9.17, 15) is 0 Å². The molecule has 1 aliphatic rings. The lowest BCUT2D eigenvalue weighted by atomic mass is 9.89. The molecule has 0 aliphatic heterocycles. The minimum absolute atomic E-state index is 0.542. The number of nitrogens with zero attached hydrogens (tertiary/aromatic N) is 2. The molecule has 80 valence electrons. The first-order valence-electron chi connectivity index (χ1n) is 5.66. The Morgan fingerprint density at radius 3 is 2.21 bits per heavy atom. The molecule has 14 heavy (non-hydrogen) atoms. The second-order valence-corrected chi connectivity index (χ2v) is 3.49. The average molecular weight is 196 g/mol. The topological polar surface area (TPSA) is 38.9 Å². The Bertz CT molecular complexity index is 252. The Balaban J connectivity index is 0.000000461. The summed E-state index contributed by atoms with van der Waals surface area (Å²) >= 11 is 0. The van der Waals surface area contributed by atoms with Crippen molar-refractivity contribution in [2.24, 2.45) is 0 Å². The van der Waals surface area contributed by atoms with Crippen LogP contribution in [0, 0.1) is 6.92 Å². The number of hydrogen-bond acceptors (Lipinski definition) is 3. The van der Waals surface area contributed by atoms with E-state index in [4.69, 9.17) is 4.42 Å². The van der Waals surface area contributed by atoms with E-state index >= 15 is 0 Å². The molecule has 0 amide bonds. The molecule has 0 atom stereocenters. The summed E-state index contributed by atoms with van der Waals surface area (Å²) < 4.78 is 5.40. The molecule has 1 aromatic heterocycles. The molecule has 2 rings (SSSR count). The summed E-state index contributed by atoms with van der Waals surface area (Å²) in [4.78, 5) is 0. The molecule has 0 bridgehead atoms. The number of aromatic nitrogens is 2. The molecule has 3 heteroatoms. The maximum absolute atomic E-state index is 5.40. The fraction of sp³-hybridized carbons (Fsp3) is 0.818. The number of aryl methyl sites for hydroxylation is 1. The first-order valence-corrected chi connectivity index (χ1v) is 5.66. The van der Waals surface area contributed by atoms with Gasteiger partial charge in [0.1, 0.15) is 0 Å². The maximum Gasteiger partial charge on any atom is 0.219 e. The van der Waals surface area contributed by atoms with Gasteiger partial charge in [0, 0.05) is 12.8 Å². The molecule has 1 heterocycles. The Morgan fingerprint density at radius 1 is 1.07 bits per heavy atom. The highest BCUT2D eigenvalue weighted by Crippen LogP contribution is 2.31. The highest BCUT2D eigenvalue weighted by atomic mass is 16.4. The maximum atomic E-state index is 5.40. The minimum Gasteiger partial charge on any atom is -0.425 e. The molecule has 0 saturated heterocycles. The van der Waals surface area contributed by atoms with Crippen LogP contribution in [0.2, 0.25) is 0 Å². The van der Waals surface area contributed by atoms with Gasteiger partial charge in [-0.1, -0.05) is 33.1 Å². The molecule has 1 aliphatic carbocycles. The van der Waals surface area contributed by atoms with Crippen LogP contribution >= 0.6 is 0 Å². The number of rotatable bonds is 1. The minimum atomic E-state index is 0.542. The first kappa shape index (κ1) is 11.2. The normalized spacial score (nSPS) is 17.4. The van der Waals surface area contributed by atoms with E-state index in [1.54, 1.807) is 0 Å². The summed E-state index contributed by atoms with van der Waals surface area (Å²) in [5.74, 6) is 2.09. The summed E-state index contributed by atoms with van der Waals surface area (Å²) in [6.07, 6.45) is 6.44. The quantitative estimate of drug-likeness (QED) is 0.690. The highest BCUT2D eigenvalue weighted by Gasteiger charge is 2.20. The van der Waals surface area contributed by atoms with Crippen LogP contribution in [0.3, 0.4) is 0 Å². The van der Waals surface area contributed by atoms with Crippen LogP contribution in [-0.2, 0) is 0 Å². The Hall–Kier alpha value is -0.860. The van der Waals surface area contributed by atoms with Gasteiger partial charge in [0.25, 0.3) is 0 Å². The predicted molar refractivity (Wildman–Crippen MR) is 56.2 cm³/mol. The van der Waals surface area contributed by atoms with Crippen molar-refractivity contribution >= 4 is 0 Å². The van der Waals surface area contributed by atoms with Crippen LogP contribution in [0.5, 0.6) is 0 Å². The molecular weight excluding hydrogens is 176 g/mol. The van der Waals surface area contributed by atoms with Crippen LogP contribution < -0.4 is 0 Å². The van der Waals surface area contributed by atoms with Gasteiger partial charge in [0.15, 0.2) is 0 Å². The van der Waals surface area contributed by atoms with Gasteiger partial charge in [-0.25, -0.2) is 0 Å². The van der Waals surface area contributed by atoms with Crippen molar-refractivity contribution in [1.82, 2.24) is 10.2 Å². The van der Waals surface area contributed by atoms with Gasteiger partial charge in [-0.2, -0.15) is 0 Å². The van der Waals surface area contributed by atoms with Crippen molar-refractivity contribution in [2.45, 2.75) is 58.8 Å². The second kappa shape index (κ2) is 5.78. The molecule has 3 nitrogen and oxygen atoms in total. The van der Waals surface area contributed by atoms with Gasteiger partial charge in [-0.15, -0.1) is 10.2 Å². The molecule has 0 radical (unpaired) electrons. The van der Waals surface area contributed by atoms with Crippen molar-refractivity contribution in [1.29, 1.82) is 0 Å². The van der Waals surface area contributed by atoms with Crippen LogP contribution in [-0.4, -0.2) is 10.2 Å². The van der Waals surface area contributed by atoms with Crippen molar-refractivity contribution in [3.05, 3.63) is 11.8 Å². The molecule has 0 unspecified atom stereocenters. The molecular formula is C11H20N2O. The lowest BCUT2D eigenvalue weighted by Gasteiger charge is -2.17. The molecule has 0 spiro atoms. The van der Waals surface area contributed by atoms with Crippen LogP contribution in [0.15, 0.2) is 4.42 Å². The van der Waals surface area contributed by atoms with E-state index in [0.717, 1.165) is 5.89 Å². The monoisotopic (exact) mass is 196 g/mol. The molecule has 1 saturated carbocycles. The van der Waals surface area contributed by atoms with Crippen molar-refractivity contribution in [3.8, 4) is 0 Å². The lowest BCUT2D eigenvalue weighted by Crippen LogP contribution is -2.04. The summed E-state index contributed by atoms with van der Waals surface area (Å²) in [5, 5.41) is 7.90. The van der Waals surface area contributed by atoms with E-state index in [0.29, 0.717) is 11.8 Å². The van der Waals surface area contributed by atoms with E-state index < -0.39 is 0 Å². The first-order chi connectivity index (χ1) is 6.86. The van der Waals surface area contributed by atoms with E-state index in [1.165, 1.54) is 32.1 Å². The van der Waals surface area contributed by atoms with Crippen LogP contribution in [0.1, 0.15) is 63.7 Å². The summed E-state index contributed by atoms with van der Waals surface area (Å²) in [6, 6.07) is 0. The van der Waals surface area contributed by atoms with Gasteiger partial charge in [-0.3, -0.25) is 0 Å². The predicted octanol–water partition coefficient (Wildman–Crippen LogP) is 3.45. The molecule has 0 aromatic carbocycles. The number of hydrogen-bond donors (Lipinski definition) is 0. The smallest absolute Gasteiger partial charge is 0.219 e. The van der Waals surface area contributed by atoms with E-state index in [2.05, 4.69) is 10.2 Å². The zero-order valence-corrected chi connectivity index (χ0v) is 9.42. The van der Waals surface area contributed by atoms with E-state index in [1.807, 2.05) is 20.8 Å². The molecule has 1 fully saturated rings. The molecule has 1 aromatic rings. The summed E-state index contributed by atoms with van der Waals surface area (Å²) in [6.45, 7) is 5.85. The Morgan fingerprint density at radius 2 is 1.71 bits per heavy atom.